The van der Waals surface area contributed by atoms with Crippen LogP contribution in [-0.2, 0) is 9.59 Å². The van der Waals surface area contributed by atoms with Gasteiger partial charge in [0.05, 0.1) is 5.57 Å². The highest BCUT2D eigenvalue weighted by Crippen LogP contribution is 2.06. The van der Waals surface area contributed by atoms with E-state index in [2.05, 4.69) is 11.8 Å². The minimum absolute atomic E-state index is 0.128. The summed E-state index contributed by atoms with van der Waals surface area (Å²) in [6.07, 6.45) is 2.78. The number of allylic oxidation sites excluding steroid dienone is 2. The maximum absolute atomic E-state index is 10.7. The lowest BCUT2D eigenvalue weighted by Crippen LogP contribution is -2.12. The molecule has 0 aromatic heterocycles. The van der Waals surface area contributed by atoms with Gasteiger partial charge in [-0.25, -0.2) is 4.79 Å². The molecule has 0 unspecified atom stereocenters. The lowest BCUT2D eigenvalue weighted by Gasteiger charge is -1.91. The average Bonchev–Trinajstić information content (AvgIpc) is 2.27. The standard InChI is InChI=1S/C9H7NO3/c10-8(11)6-2-1-3-7(5-4-6)9(12)13/h4-5H,3H2,(H2,10,11)(H,12,13). The van der Waals surface area contributed by atoms with Gasteiger partial charge in [-0.05, 0) is 12.2 Å². The fourth-order valence-electron chi connectivity index (χ4n) is 0.810. The number of hydrogen-bond donors (Lipinski definition) is 2. The molecule has 1 aliphatic rings. The molecule has 1 amide bonds. The fraction of sp³-hybridized carbons (Fsp3) is 0.111. The Balaban J connectivity index is 2.99. The highest BCUT2D eigenvalue weighted by atomic mass is 16.4. The van der Waals surface area contributed by atoms with E-state index in [1.807, 2.05) is 0 Å². The summed E-state index contributed by atoms with van der Waals surface area (Å²) in [5.74, 6) is 3.35. The smallest absolute Gasteiger partial charge is 0.332 e. The van der Waals surface area contributed by atoms with Crippen LogP contribution in [0.3, 0.4) is 0 Å². The minimum Gasteiger partial charge on any atom is -0.478 e. The summed E-state index contributed by atoms with van der Waals surface area (Å²) < 4.78 is 0. The first kappa shape index (κ1) is 9.07. The van der Waals surface area contributed by atoms with Gasteiger partial charge in [-0.1, -0.05) is 11.8 Å². The number of carbonyl (C=O) groups excluding carboxylic acids is 1. The van der Waals surface area contributed by atoms with Crippen molar-refractivity contribution in [1.82, 2.24) is 0 Å². The first-order valence-electron chi connectivity index (χ1n) is 3.54. The molecule has 66 valence electrons. The van der Waals surface area contributed by atoms with Crippen LogP contribution in [0.2, 0.25) is 0 Å². The predicted molar refractivity (Wildman–Crippen MR) is 45.4 cm³/mol. The van der Waals surface area contributed by atoms with Gasteiger partial charge in [0.2, 0.25) is 0 Å². The Labute approximate surface area is 74.7 Å². The van der Waals surface area contributed by atoms with Crippen LogP contribution >= 0.6 is 0 Å². The van der Waals surface area contributed by atoms with Crippen molar-refractivity contribution in [3.05, 3.63) is 23.3 Å². The molecular weight excluding hydrogens is 170 g/mol. The van der Waals surface area contributed by atoms with E-state index in [9.17, 15) is 9.59 Å². The number of carboxylic acid groups (broad SMARTS) is 1. The van der Waals surface area contributed by atoms with Gasteiger partial charge in [0.15, 0.2) is 0 Å². The first-order valence-corrected chi connectivity index (χ1v) is 3.54. The van der Waals surface area contributed by atoms with Crippen LogP contribution in [0.1, 0.15) is 6.42 Å². The molecule has 0 aromatic rings. The van der Waals surface area contributed by atoms with Crippen molar-refractivity contribution >= 4 is 11.9 Å². The monoisotopic (exact) mass is 177 g/mol. The molecule has 0 fully saturated rings. The third-order valence-electron chi connectivity index (χ3n) is 1.49. The topological polar surface area (TPSA) is 80.4 Å². The summed E-state index contributed by atoms with van der Waals surface area (Å²) in [4.78, 5) is 21.2. The van der Waals surface area contributed by atoms with Crippen molar-refractivity contribution in [3.8, 4) is 11.8 Å². The van der Waals surface area contributed by atoms with E-state index in [1.54, 1.807) is 0 Å². The Morgan fingerprint density at radius 1 is 1.46 bits per heavy atom. The van der Waals surface area contributed by atoms with E-state index in [0.717, 1.165) is 0 Å². The molecule has 4 heteroatoms. The molecule has 0 saturated carbocycles. The summed E-state index contributed by atoms with van der Waals surface area (Å²) in [5, 5.41) is 8.61. The number of nitrogens with two attached hydrogens (primary N) is 1. The second-order valence-corrected chi connectivity index (χ2v) is 2.42. The number of primary amides is 1. The Kier molecular flexibility index (Phi) is 2.50. The Morgan fingerprint density at radius 3 is 2.69 bits per heavy atom. The second kappa shape index (κ2) is 3.59. The zero-order valence-corrected chi connectivity index (χ0v) is 6.70. The summed E-state index contributed by atoms with van der Waals surface area (Å²) in [6.45, 7) is 0. The normalized spacial score (nSPS) is 14.5. The number of carbonyl (C=O) groups is 2. The van der Waals surface area contributed by atoms with Crippen LogP contribution in [0.15, 0.2) is 23.3 Å². The van der Waals surface area contributed by atoms with E-state index < -0.39 is 11.9 Å². The molecule has 1 rings (SSSR count). The van der Waals surface area contributed by atoms with Gasteiger partial charge in [-0.15, -0.1) is 0 Å². The summed E-state index contributed by atoms with van der Waals surface area (Å²) in [7, 11) is 0. The summed E-state index contributed by atoms with van der Waals surface area (Å²) in [6, 6.07) is 0. The summed E-state index contributed by atoms with van der Waals surface area (Å²) in [5.41, 5.74) is 5.26. The van der Waals surface area contributed by atoms with E-state index in [1.165, 1.54) is 12.2 Å². The van der Waals surface area contributed by atoms with Gasteiger partial charge in [0.1, 0.15) is 0 Å². The van der Waals surface area contributed by atoms with Gasteiger partial charge in [0.25, 0.3) is 5.91 Å². The molecule has 0 saturated heterocycles. The van der Waals surface area contributed by atoms with Crippen molar-refractivity contribution < 1.29 is 14.7 Å². The Hall–Kier alpha value is -2.02. The third kappa shape index (κ3) is 2.20. The van der Waals surface area contributed by atoms with Crippen LogP contribution < -0.4 is 5.73 Å². The van der Waals surface area contributed by atoms with E-state index in [0.29, 0.717) is 0 Å². The molecular formula is C9H7NO3. The molecule has 0 bridgehead atoms. The van der Waals surface area contributed by atoms with Gasteiger partial charge in [0, 0.05) is 12.0 Å². The minimum atomic E-state index is -1.03. The first-order chi connectivity index (χ1) is 6.11. The molecule has 0 aliphatic heterocycles. The van der Waals surface area contributed by atoms with Crippen LogP contribution in [0, 0.1) is 11.8 Å². The number of carboxylic acids is 1. The van der Waals surface area contributed by atoms with E-state index in [4.69, 9.17) is 10.8 Å². The lowest BCUT2D eigenvalue weighted by atomic mass is 10.2. The van der Waals surface area contributed by atoms with Crippen molar-refractivity contribution in [2.24, 2.45) is 5.73 Å². The molecule has 0 heterocycles. The van der Waals surface area contributed by atoms with Crippen molar-refractivity contribution in [3.63, 3.8) is 0 Å². The lowest BCUT2D eigenvalue weighted by molar-refractivity contribution is -0.132. The second-order valence-electron chi connectivity index (χ2n) is 2.42. The maximum atomic E-state index is 10.7. The van der Waals surface area contributed by atoms with Crippen LogP contribution in [-0.4, -0.2) is 17.0 Å². The molecule has 4 nitrogen and oxygen atoms in total. The van der Waals surface area contributed by atoms with Crippen molar-refractivity contribution in [2.75, 3.05) is 0 Å². The Bertz CT molecular complexity index is 379. The zero-order valence-electron chi connectivity index (χ0n) is 6.70. The number of rotatable bonds is 2. The molecule has 0 aromatic carbocycles. The van der Waals surface area contributed by atoms with Gasteiger partial charge < -0.3 is 10.8 Å². The average molecular weight is 177 g/mol. The molecule has 1 aliphatic carbocycles. The van der Waals surface area contributed by atoms with E-state index >= 15 is 0 Å². The maximum Gasteiger partial charge on any atom is 0.332 e. The zero-order chi connectivity index (χ0) is 9.84. The Morgan fingerprint density at radius 2 is 2.15 bits per heavy atom. The quantitative estimate of drug-likeness (QED) is 0.574. The van der Waals surface area contributed by atoms with Crippen molar-refractivity contribution in [1.29, 1.82) is 0 Å². The molecule has 13 heavy (non-hydrogen) atoms. The van der Waals surface area contributed by atoms with Crippen LogP contribution in [0.5, 0.6) is 0 Å². The van der Waals surface area contributed by atoms with Gasteiger partial charge in [-0.3, -0.25) is 4.79 Å². The highest BCUT2D eigenvalue weighted by Gasteiger charge is 2.08. The number of amides is 1. The third-order valence-corrected chi connectivity index (χ3v) is 1.49. The SMILES string of the molecule is NC(=O)C1=CC=C(C(=O)O)CC#C1. The highest BCUT2D eigenvalue weighted by molar-refractivity contribution is 5.98. The summed E-state index contributed by atoms with van der Waals surface area (Å²) >= 11 is 0. The largest absolute Gasteiger partial charge is 0.478 e. The number of hydrogen-bond acceptors (Lipinski definition) is 2. The van der Waals surface area contributed by atoms with Gasteiger partial charge in [-0.2, -0.15) is 0 Å². The predicted octanol–water partition coefficient (Wildman–Crippen LogP) is -0.184. The van der Waals surface area contributed by atoms with Gasteiger partial charge >= 0.3 is 5.97 Å². The fourth-order valence-corrected chi connectivity index (χ4v) is 0.810. The van der Waals surface area contributed by atoms with Crippen LogP contribution in [0.4, 0.5) is 0 Å². The molecule has 0 spiro atoms. The number of aliphatic carboxylic acids is 1. The van der Waals surface area contributed by atoms with E-state index in [-0.39, 0.29) is 17.6 Å². The van der Waals surface area contributed by atoms with Crippen molar-refractivity contribution in [2.45, 2.75) is 6.42 Å². The molecule has 0 radical (unpaired) electrons. The van der Waals surface area contributed by atoms with Crippen LogP contribution in [0.25, 0.3) is 0 Å². The molecule has 3 N–H and O–H groups in total. The molecule has 0 atom stereocenters.